The number of nitrogens with one attached hydrogen (secondary N) is 1. The molecule has 1 aromatic carbocycles. The van der Waals surface area contributed by atoms with Crippen LogP contribution in [0.4, 0.5) is 0 Å². The number of sulfonamides is 1. The van der Waals surface area contributed by atoms with E-state index in [0.29, 0.717) is 18.0 Å². The summed E-state index contributed by atoms with van der Waals surface area (Å²) >= 11 is 0. The Bertz CT molecular complexity index is 574. The Morgan fingerprint density at radius 1 is 1.29 bits per heavy atom. The van der Waals surface area contributed by atoms with E-state index < -0.39 is 10.0 Å². The van der Waals surface area contributed by atoms with Gasteiger partial charge >= 0.3 is 0 Å². The zero-order valence-electron chi connectivity index (χ0n) is 13.0. The van der Waals surface area contributed by atoms with Gasteiger partial charge in [-0.05, 0) is 45.6 Å². The highest BCUT2D eigenvalue weighted by Crippen LogP contribution is 2.24. The van der Waals surface area contributed by atoms with E-state index in [1.54, 1.807) is 16.4 Å². The lowest BCUT2D eigenvalue weighted by Gasteiger charge is -2.28. The zero-order valence-corrected chi connectivity index (χ0v) is 13.9. The molecular weight excluding hydrogens is 286 g/mol. The minimum atomic E-state index is -3.44. The fourth-order valence-corrected chi connectivity index (χ4v) is 4.81. The van der Waals surface area contributed by atoms with Gasteiger partial charge in [-0.3, -0.25) is 0 Å². The van der Waals surface area contributed by atoms with Crippen molar-refractivity contribution in [1.82, 2.24) is 14.5 Å². The van der Waals surface area contributed by atoms with Crippen LogP contribution >= 0.6 is 0 Å². The first-order chi connectivity index (χ1) is 9.96. The number of hydrogen-bond donors (Lipinski definition) is 1. The lowest BCUT2D eigenvalue weighted by Crippen LogP contribution is -2.42. The van der Waals surface area contributed by atoms with Gasteiger partial charge < -0.3 is 10.2 Å². The van der Waals surface area contributed by atoms with E-state index in [-0.39, 0.29) is 6.04 Å². The molecule has 0 bridgehead atoms. The van der Waals surface area contributed by atoms with Crippen molar-refractivity contribution in [3.8, 4) is 0 Å². The molecule has 1 aliphatic rings. The second kappa shape index (κ2) is 6.87. The Hall–Kier alpha value is -0.950. The van der Waals surface area contributed by atoms with E-state index in [1.165, 1.54) is 0 Å². The smallest absolute Gasteiger partial charge is 0.243 e. The molecule has 1 N–H and O–H groups in total. The van der Waals surface area contributed by atoms with Gasteiger partial charge in [0.2, 0.25) is 10.0 Å². The summed E-state index contributed by atoms with van der Waals surface area (Å²) in [7, 11) is 0.425. The minimum absolute atomic E-state index is 0.00913. The van der Waals surface area contributed by atoms with E-state index in [2.05, 4.69) is 10.2 Å². The molecule has 1 aliphatic heterocycles. The van der Waals surface area contributed by atoms with Gasteiger partial charge in [-0.1, -0.05) is 18.2 Å². The minimum Gasteiger partial charge on any atom is -0.316 e. The number of rotatable bonds is 4. The molecule has 1 heterocycles. The van der Waals surface area contributed by atoms with E-state index in [9.17, 15) is 8.42 Å². The molecule has 6 heteroatoms. The standard InChI is InChI=1S/C15H25N3O2S/c1-13-12-17(3)9-6-10-18(13)21(19,20)15-8-5-4-7-14(15)11-16-2/h4-5,7-8,13,16H,6,9-12H2,1-3H3. The average molecular weight is 311 g/mol. The van der Waals surface area contributed by atoms with Gasteiger partial charge in [0.05, 0.1) is 4.90 Å². The molecule has 0 saturated carbocycles. The van der Waals surface area contributed by atoms with Crippen LogP contribution in [-0.4, -0.2) is 57.4 Å². The van der Waals surface area contributed by atoms with Crippen molar-refractivity contribution in [3.05, 3.63) is 29.8 Å². The average Bonchev–Trinajstić information content (AvgIpc) is 2.60. The molecule has 1 atom stereocenters. The quantitative estimate of drug-likeness (QED) is 0.905. The van der Waals surface area contributed by atoms with Gasteiger partial charge in [0, 0.05) is 25.7 Å². The molecule has 0 spiro atoms. The summed E-state index contributed by atoms with van der Waals surface area (Å²) in [5.74, 6) is 0. The maximum Gasteiger partial charge on any atom is 0.243 e. The monoisotopic (exact) mass is 311 g/mol. The highest BCUT2D eigenvalue weighted by Gasteiger charge is 2.32. The van der Waals surface area contributed by atoms with E-state index in [0.717, 1.165) is 25.1 Å². The molecule has 1 fully saturated rings. The van der Waals surface area contributed by atoms with Crippen LogP contribution in [-0.2, 0) is 16.6 Å². The normalized spacial score (nSPS) is 22.1. The highest BCUT2D eigenvalue weighted by molar-refractivity contribution is 7.89. The number of benzene rings is 1. The van der Waals surface area contributed by atoms with Crippen LogP contribution < -0.4 is 5.32 Å². The van der Waals surface area contributed by atoms with E-state index in [1.807, 2.05) is 33.2 Å². The summed E-state index contributed by atoms with van der Waals surface area (Å²) in [5.41, 5.74) is 0.824. The van der Waals surface area contributed by atoms with E-state index >= 15 is 0 Å². The molecule has 0 aliphatic carbocycles. The van der Waals surface area contributed by atoms with Crippen LogP contribution in [0.3, 0.4) is 0 Å². The summed E-state index contributed by atoms with van der Waals surface area (Å²) in [6, 6.07) is 7.25. The molecule has 1 saturated heterocycles. The summed E-state index contributed by atoms with van der Waals surface area (Å²) in [6.07, 6.45) is 0.869. The lowest BCUT2D eigenvalue weighted by molar-refractivity contribution is 0.290. The van der Waals surface area contributed by atoms with Gasteiger partial charge in [0.15, 0.2) is 0 Å². The summed E-state index contributed by atoms with van der Waals surface area (Å²) in [5, 5.41) is 3.04. The Kier molecular flexibility index (Phi) is 5.37. The third-order valence-electron chi connectivity index (χ3n) is 3.91. The highest BCUT2D eigenvalue weighted by atomic mass is 32.2. The third kappa shape index (κ3) is 3.63. The molecule has 118 valence electrons. The fraction of sp³-hybridized carbons (Fsp3) is 0.600. The van der Waals surface area contributed by atoms with Crippen molar-refractivity contribution < 1.29 is 8.42 Å². The van der Waals surface area contributed by atoms with Crippen molar-refractivity contribution in [3.63, 3.8) is 0 Å². The molecule has 0 amide bonds. The predicted octanol–water partition coefficient (Wildman–Crippen LogP) is 1.12. The molecule has 21 heavy (non-hydrogen) atoms. The number of nitrogens with zero attached hydrogens (tertiary/aromatic N) is 2. The van der Waals surface area contributed by atoms with Gasteiger partial charge in [0.25, 0.3) is 0 Å². The van der Waals surface area contributed by atoms with E-state index in [4.69, 9.17) is 0 Å². The summed E-state index contributed by atoms with van der Waals surface area (Å²) in [6.45, 7) is 4.83. The first-order valence-electron chi connectivity index (χ1n) is 7.39. The van der Waals surface area contributed by atoms with Crippen molar-refractivity contribution >= 4 is 10.0 Å². The van der Waals surface area contributed by atoms with Gasteiger partial charge in [-0.25, -0.2) is 8.42 Å². The van der Waals surface area contributed by atoms with Crippen molar-refractivity contribution in [2.24, 2.45) is 0 Å². The van der Waals surface area contributed by atoms with Crippen LogP contribution in [0.25, 0.3) is 0 Å². The Morgan fingerprint density at radius 3 is 2.71 bits per heavy atom. The topological polar surface area (TPSA) is 52.7 Å². The molecule has 5 nitrogen and oxygen atoms in total. The van der Waals surface area contributed by atoms with Crippen molar-refractivity contribution in [2.45, 2.75) is 30.8 Å². The summed E-state index contributed by atoms with van der Waals surface area (Å²) < 4.78 is 27.7. The van der Waals surface area contributed by atoms with Crippen molar-refractivity contribution in [1.29, 1.82) is 0 Å². The fourth-order valence-electron chi connectivity index (χ4n) is 2.93. The number of likely N-dealkylation sites (N-methyl/N-ethyl adjacent to an activating group) is 1. The molecule has 0 aromatic heterocycles. The summed E-state index contributed by atoms with van der Waals surface area (Å²) in [4.78, 5) is 2.62. The maximum atomic E-state index is 13.0. The van der Waals surface area contributed by atoms with Crippen molar-refractivity contribution in [2.75, 3.05) is 33.7 Å². The third-order valence-corrected chi connectivity index (χ3v) is 6.03. The Labute approximate surface area is 128 Å². The predicted molar refractivity (Wildman–Crippen MR) is 84.7 cm³/mol. The lowest BCUT2D eigenvalue weighted by atomic mass is 10.2. The molecule has 0 radical (unpaired) electrons. The second-order valence-corrected chi connectivity index (χ2v) is 7.58. The molecule has 1 unspecified atom stereocenters. The van der Waals surface area contributed by atoms with Gasteiger partial charge in [0.1, 0.15) is 0 Å². The Balaban J connectivity index is 2.37. The van der Waals surface area contributed by atoms with Crippen LogP contribution in [0.15, 0.2) is 29.2 Å². The zero-order chi connectivity index (χ0) is 15.5. The SMILES string of the molecule is CNCc1ccccc1S(=O)(=O)N1CCCN(C)CC1C. The first-order valence-corrected chi connectivity index (χ1v) is 8.83. The molecule has 2 rings (SSSR count). The number of hydrogen-bond acceptors (Lipinski definition) is 4. The van der Waals surface area contributed by atoms with Crippen LogP contribution in [0, 0.1) is 0 Å². The molecule has 1 aromatic rings. The van der Waals surface area contributed by atoms with Crippen LogP contribution in [0.1, 0.15) is 18.9 Å². The second-order valence-electron chi connectivity index (χ2n) is 5.72. The van der Waals surface area contributed by atoms with Crippen LogP contribution in [0.5, 0.6) is 0 Å². The Morgan fingerprint density at radius 2 is 2.00 bits per heavy atom. The van der Waals surface area contributed by atoms with Gasteiger partial charge in [-0.2, -0.15) is 4.31 Å². The largest absolute Gasteiger partial charge is 0.316 e. The maximum absolute atomic E-state index is 13.0. The molecular formula is C15H25N3O2S. The van der Waals surface area contributed by atoms with Gasteiger partial charge in [-0.15, -0.1) is 0 Å². The first kappa shape index (κ1) is 16.4. The van der Waals surface area contributed by atoms with Crippen LogP contribution in [0.2, 0.25) is 0 Å².